The second-order valence-electron chi connectivity index (χ2n) is 4.78. The van der Waals surface area contributed by atoms with E-state index in [1.165, 1.54) is 4.68 Å². The van der Waals surface area contributed by atoms with E-state index in [-0.39, 0.29) is 12.5 Å². The third kappa shape index (κ3) is 2.16. The van der Waals surface area contributed by atoms with Gasteiger partial charge >= 0.3 is 5.97 Å². The maximum Gasteiger partial charge on any atom is 0.358 e. The Morgan fingerprint density at radius 3 is 2.70 bits per heavy atom. The van der Waals surface area contributed by atoms with Crippen molar-refractivity contribution in [2.24, 2.45) is 0 Å². The lowest BCUT2D eigenvalue weighted by Gasteiger charge is -2.08. The molecule has 0 aliphatic carbocycles. The molecule has 1 aromatic carbocycles. The molecular formula is C15H10N4O4. The van der Waals surface area contributed by atoms with Crippen LogP contribution in [0.5, 0.6) is 11.5 Å². The molecule has 1 aliphatic rings. The van der Waals surface area contributed by atoms with Crippen LogP contribution < -0.4 is 9.47 Å². The van der Waals surface area contributed by atoms with Gasteiger partial charge in [-0.3, -0.25) is 4.98 Å². The van der Waals surface area contributed by atoms with E-state index in [1.807, 2.05) is 0 Å². The molecule has 4 rings (SSSR count). The molecule has 0 unspecified atom stereocenters. The molecule has 0 amide bonds. The van der Waals surface area contributed by atoms with Gasteiger partial charge in [0.25, 0.3) is 0 Å². The molecule has 0 fully saturated rings. The molecule has 1 N–H and O–H groups in total. The minimum absolute atomic E-state index is 0.131. The number of aromatic carboxylic acids is 1. The first-order valence-corrected chi connectivity index (χ1v) is 6.73. The van der Waals surface area contributed by atoms with E-state index in [4.69, 9.17) is 9.47 Å². The molecule has 0 spiro atoms. The predicted octanol–water partition coefficient (Wildman–Crippen LogP) is 1.76. The van der Waals surface area contributed by atoms with Crippen LogP contribution in [0.25, 0.3) is 16.9 Å². The van der Waals surface area contributed by atoms with Gasteiger partial charge in [-0.25, -0.2) is 9.48 Å². The molecule has 3 aromatic rings. The molecule has 8 heteroatoms. The highest BCUT2D eigenvalue weighted by Crippen LogP contribution is 2.35. The Bertz CT molecular complexity index is 892. The van der Waals surface area contributed by atoms with Crippen LogP contribution in [0.4, 0.5) is 0 Å². The zero-order valence-corrected chi connectivity index (χ0v) is 11.7. The summed E-state index contributed by atoms with van der Waals surface area (Å²) in [6.45, 7) is 0.160. The fraction of sp³-hybridized carbons (Fsp3) is 0.0667. The van der Waals surface area contributed by atoms with E-state index >= 15 is 0 Å². The van der Waals surface area contributed by atoms with Crippen LogP contribution >= 0.6 is 0 Å². The second kappa shape index (κ2) is 5.09. The Kier molecular flexibility index (Phi) is 2.94. The fourth-order valence-corrected chi connectivity index (χ4v) is 2.39. The molecule has 0 bridgehead atoms. The maximum atomic E-state index is 11.5. The summed E-state index contributed by atoms with van der Waals surface area (Å²) in [4.78, 5) is 15.4. The molecule has 0 atom stereocenters. The smallest absolute Gasteiger partial charge is 0.358 e. The van der Waals surface area contributed by atoms with Crippen molar-refractivity contribution in [3.8, 4) is 28.4 Å². The highest BCUT2D eigenvalue weighted by Gasteiger charge is 2.23. The van der Waals surface area contributed by atoms with Crippen molar-refractivity contribution in [1.29, 1.82) is 0 Å². The first-order chi connectivity index (χ1) is 11.2. The number of nitrogens with zero attached hydrogens (tertiary/aromatic N) is 4. The monoisotopic (exact) mass is 310 g/mol. The third-order valence-electron chi connectivity index (χ3n) is 3.43. The minimum atomic E-state index is -1.15. The summed E-state index contributed by atoms with van der Waals surface area (Å²) in [5.74, 6) is 0.0668. The van der Waals surface area contributed by atoms with Crippen molar-refractivity contribution in [2.75, 3.05) is 6.79 Å². The fourth-order valence-electron chi connectivity index (χ4n) is 2.39. The van der Waals surface area contributed by atoms with Gasteiger partial charge in [0.1, 0.15) is 5.69 Å². The first kappa shape index (κ1) is 13.3. The van der Waals surface area contributed by atoms with Crippen LogP contribution in [0.1, 0.15) is 10.5 Å². The van der Waals surface area contributed by atoms with Crippen molar-refractivity contribution in [1.82, 2.24) is 20.0 Å². The number of carboxylic acids is 1. The number of hydrogen-bond donors (Lipinski definition) is 1. The summed E-state index contributed by atoms with van der Waals surface area (Å²) in [5.41, 5.74) is 1.52. The van der Waals surface area contributed by atoms with Crippen LogP contribution in [-0.2, 0) is 0 Å². The van der Waals surface area contributed by atoms with Gasteiger partial charge < -0.3 is 14.6 Å². The summed E-state index contributed by atoms with van der Waals surface area (Å²) in [5, 5.41) is 17.1. The lowest BCUT2D eigenvalue weighted by molar-refractivity contribution is 0.0691. The number of carbonyl (C=O) groups is 1. The van der Waals surface area contributed by atoms with Crippen LogP contribution in [-0.4, -0.2) is 37.8 Å². The molecule has 2 aromatic heterocycles. The molecule has 23 heavy (non-hydrogen) atoms. The van der Waals surface area contributed by atoms with Gasteiger partial charge in [0.15, 0.2) is 17.2 Å². The average molecular weight is 310 g/mol. The highest BCUT2D eigenvalue weighted by molar-refractivity contribution is 5.93. The number of pyridine rings is 1. The largest absolute Gasteiger partial charge is 0.476 e. The summed E-state index contributed by atoms with van der Waals surface area (Å²) >= 11 is 0. The molecule has 8 nitrogen and oxygen atoms in total. The van der Waals surface area contributed by atoms with Crippen molar-refractivity contribution >= 4 is 5.97 Å². The third-order valence-corrected chi connectivity index (χ3v) is 3.43. The standard InChI is InChI=1S/C15H10N4O4/c20-15(21)13-14(9-3-5-16-6-4-9)19(18-17-13)10-1-2-11-12(7-10)23-8-22-11/h1-7H,8H2,(H,20,21). The Balaban J connectivity index is 1.91. The topological polar surface area (TPSA) is 99.4 Å². The number of aromatic nitrogens is 4. The average Bonchev–Trinajstić information content (AvgIpc) is 3.21. The number of ether oxygens (including phenoxy) is 2. The Labute approximate surface area is 129 Å². The SMILES string of the molecule is O=C(O)c1nnn(-c2ccc3c(c2)OCO3)c1-c1ccncc1. The molecule has 0 saturated heterocycles. The van der Waals surface area contributed by atoms with E-state index < -0.39 is 5.97 Å². The van der Waals surface area contributed by atoms with E-state index in [9.17, 15) is 9.90 Å². The Hall–Kier alpha value is -3.42. The summed E-state index contributed by atoms with van der Waals surface area (Å²) < 4.78 is 12.1. The zero-order chi connectivity index (χ0) is 15.8. The zero-order valence-electron chi connectivity index (χ0n) is 11.7. The lowest BCUT2D eigenvalue weighted by atomic mass is 10.1. The molecule has 114 valence electrons. The number of hydrogen-bond acceptors (Lipinski definition) is 6. The van der Waals surface area contributed by atoms with E-state index in [1.54, 1.807) is 42.7 Å². The second-order valence-corrected chi connectivity index (χ2v) is 4.78. The Morgan fingerprint density at radius 1 is 1.13 bits per heavy atom. The molecule has 0 saturated carbocycles. The number of rotatable bonds is 3. The molecule has 0 radical (unpaired) electrons. The van der Waals surface area contributed by atoms with Gasteiger partial charge in [-0.2, -0.15) is 0 Å². The van der Waals surface area contributed by atoms with Crippen LogP contribution in [0.2, 0.25) is 0 Å². The number of benzene rings is 1. The van der Waals surface area contributed by atoms with Gasteiger partial charge in [-0.05, 0) is 24.3 Å². The molecule has 3 heterocycles. The van der Waals surface area contributed by atoms with E-state index in [2.05, 4.69) is 15.3 Å². The quantitative estimate of drug-likeness (QED) is 0.786. The van der Waals surface area contributed by atoms with Crippen molar-refractivity contribution < 1.29 is 19.4 Å². The van der Waals surface area contributed by atoms with E-state index in [0.717, 1.165) is 0 Å². The minimum Gasteiger partial charge on any atom is -0.476 e. The normalized spacial score (nSPS) is 12.3. The van der Waals surface area contributed by atoms with Gasteiger partial charge in [0.05, 0.1) is 5.69 Å². The lowest BCUT2D eigenvalue weighted by Crippen LogP contribution is -2.03. The molecule has 1 aliphatic heterocycles. The van der Waals surface area contributed by atoms with Crippen molar-refractivity contribution in [2.45, 2.75) is 0 Å². The van der Waals surface area contributed by atoms with Crippen LogP contribution in [0.15, 0.2) is 42.7 Å². The predicted molar refractivity (Wildman–Crippen MR) is 77.7 cm³/mol. The van der Waals surface area contributed by atoms with Gasteiger partial charge in [0, 0.05) is 24.0 Å². The van der Waals surface area contributed by atoms with E-state index in [0.29, 0.717) is 28.4 Å². The molecular weight excluding hydrogens is 300 g/mol. The summed E-state index contributed by atoms with van der Waals surface area (Å²) in [7, 11) is 0. The van der Waals surface area contributed by atoms with Crippen LogP contribution in [0, 0.1) is 0 Å². The summed E-state index contributed by atoms with van der Waals surface area (Å²) in [6.07, 6.45) is 3.16. The van der Waals surface area contributed by atoms with Gasteiger partial charge in [-0.15, -0.1) is 5.10 Å². The van der Waals surface area contributed by atoms with Gasteiger partial charge in [-0.1, -0.05) is 5.21 Å². The number of carboxylic acid groups (broad SMARTS) is 1. The van der Waals surface area contributed by atoms with Crippen LogP contribution in [0.3, 0.4) is 0 Å². The number of fused-ring (bicyclic) bond motifs is 1. The first-order valence-electron chi connectivity index (χ1n) is 6.73. The summed E-state index contributed by atoms with van der Waals surface area (Å²) in [6, 6.07) is 8.64. The Morgan fingerprint density at radius 2 is 1.91 bits per heavy atom. The maximum absolute atomic E-state index is 11.5. The highest BCUT2D eigenvalue weighted by atomic mass is 16.7. The van der Waals surface area contributed by atoms with Crippen molar-refractivity contribution in [3.05, 3.63) is 48.4 Å². The van der Waals surface area contributed by atoms with Gasteiger partial charge in [0.2, 0.25) is 6.79 Å². The van der Waals surface area contributed by atoms with Crippen molar-refractivity contribution in [3.63, 3.8) is 0 Å².